The molecular weight excluding hydrogens is 296 g/mol. The fourth-order valence-electron chi connectivity index (χ4n) is 2.37. The number of fused-ring (bicyclic) bond motifs is 2. The standard InChI is InChI=1S/C20H20N4/c1-2-6-18-14-22-11-12-24-16-20-8-4-3-7-19(20)15-23-10-9-21-13-17(18)5-1/h1-8,13-16H,9-12H2. The van der Waals surface area contributed by atoms with E-state index in [1.165, 1.54) is 0 Å². The summed E-state index contributed by atoms with van der Waals surface area (Å²) < 4.78 is 0. The molecule has 0 bridgehead atoms. The Morgan fingerprint density at radius 1 is 0.417 bits per heavy atom. The zero-order valence-electron chi connectivity index (χ0n) is 13.5. The van der Waals surface area contributed by atoms with E-state index in [1.54, 1.807) is 0 Å². The summed E-state index contributed by atoms with van der Waals surface area (Å²) in [6.07, 6.45) is 7.59. The van der Waals surface area contributed by atoms with Gasteiger partial charge in [0.25, 0.3) is 0 Å². The summed E-state index contributed by atoms with van der Waals surface area (Å²) in [6.45, 7) is 2.66. The van der Waals surface area contributed by atoms with Crippen molar-refractivity contribution >= 4 is 24.9 Å². The largest absolute Gasteiger partial charge is 0.291 e. The lowest BCUT2D eigenvalue weighted by Gasteiger charge is -2.01. The molecule has 0 saturated carbocycles. The molecule has 1 heterocycles. The molecule has 24 heavy (non-hydrogen) atoms. The lowest BCUT2D eigenvalue weighted by atomic mass is 10.1. The fraction of sp³-hybridized carbons (Fsp3) is 0.200. The van der Waals surface area contributed by atoms with Crippen LogP contribution in [0.2, 0.25) is 0 Å². The minimum atomic E-state index is 0.665. The number of benzene rings is 2. The Kier molecular flexibility index (Phi) is 5.78. The van der Waals surface area contributed by atoms with E-state index in [4.69, 9.17) is 0 Å². The summed E-state index contributed by atoms with van der Waals surface area (Å²) in [7, 11) is 0. The summed E-state index contributed by atoms with van der Waals surface area (Å²) >= 11 is 0. The highest BCUT2D eigenvalue weighted by Gasteiger charge is 1.97. The number of rotatable bonds is 0. The second-order valence-corrected chi connectivity index (χ2v) is 5.40. The first-order valence-corrected chi connectivity index (χ1v) is 8.11. The molecule has 0 saturated heterocycles. The Morgan fingerprint density at radius 3 is 0.917 bits per heavy atom. The van der Waals surface area contributed by atoms with Crippen molar-refractivity contribution < 1.29 is 0 Å². The molecule has 0 atom stereocenters. The van der Waals surface area contributed by atoms with Gasteiger partial charge in [0.2, 0.25) is 0 Å². The van der Waals surface area contributed by atoms with Crippen molar-refractivity contribution in [3.05, 3.63) is 70.8 Å². The third kappa shape index (κ3) is 4.56. The monoisotopic (exact) mass is 316 g/mol. The lowest BCUT2D eigenvalue weighted by molar-refractivity contribution is 0.982. The third-order valence-corrected chi connectivity index (χ3v) is 3.63. The van der Waals surface area contributed by atoms with E-state index < -0.39 is 0 Å². The fourth-order valence-corrected chi connectivity index (χ4v) is 2.37. The van der Waals surface area contributed by atoms with Gasteiger partial charge in [-0.25, -0.2) is 0 Å². The summed E-state index contributed by atoms with van der Waals surface area (Å²) in [5.41, 5.74) is 4.30. The number of aliphatic imine (C=N–C) groups is 4. The SMILES string of the molecule is C1=NCCN=Cc2ccccc2C=NCCN=Cc2ccccc21. The summed E-state index contributed by atoms with van der Waals surface area (Å²) in [5, 5.41) is 0. The first-order valence-electron chi connectivity index (χ1n) is 8.11. The van der Waals surface area contributed by atoms with Crippen molar-refractivity contribution in [1.82, 2.24) is 0 Å². The molecule has 0 amide bonds. The predicted octanol–water partition coefficient (Wildman–Crippen LogP) is 3.08. The van der Waals surface area contributed by atoms with Crippen molar-refractivity contribution in [2.24, 2.45) is 20.0 Å². The van der Waals surface area contributed by atoms with Gasteiger partial charge in [-0.1, -0.05) is 48.5 Å². The summed E-state index contributed by atoms with van der Waals surface area (Å²) in [5.74, 6) is 0. The molecule has 120 valence electrons. The highest BCUT2D eigenvalue weighted by atomic mass is 14.8. The minimum Gasteiger partial charge on any atom is -0.291 e. The number of hydrogen-bond acceptors (Lipinski definition) is 4. The predicted molar refractivity (Wildman–Crippen MR) is 103 cm³/mol. The second-order valence-electron chi connectivity index (χ2n) is 5.40. The van der Waals surface area contributed by atoms with Crippen LogP contribution in [0.15, 0.2) is 68.5 Å². The van der Waals surface area contributed by atoms with Gasteiger partial charge >= 0.3 is 0 Å². The number of hydrogen-bond donors (Lipinski definition) is 0. The first kappa shape index (κ1) is 16.0. The van der Waals surface area contributed by atoms with Crippen LogP contribution >= 0.6 is 0 Å². The molecule has 0 aliphatic carbocycles. The minimum absolute atomic E-state index is 0.665. The van der Waals surface area contributed by atoms with Crippen molar-refractivity contribution in [3.8, 4) is 0 Å². The van der Waals surface area contributed by atoms with Gasteiger partial charge in [0.05, 0.1) is 26.2 Å². The van der Waals surface area contributed by atoms with Gasteiger partial charge in [0, 0.05) is 47.1 Å². The van der Waals surface area contributed by atoms with Gasteiger partial charge < -0.3 is 0 Å². The zero-order valence-corrected chi connectivity index (χ0v) is 13.5. The van der Waals surface area contributed by atoms with Crippen LogP contribution in [0.3, 0.4) is 0 Å². The van der Waals surface area contributed by atoms with Crippen LogP contribution in [-0.4, -0.2) is 51.0 Å². The van der Waals surface area contributed by atoms with Gasteiger partial charge in [-0.3, -0.25) is 20.0 Å². The first-order chi connectivity index (χ1) is 11.9. The maximum atomic E-state index is 4.47. The molecule has 0 spiro atoms. The van der Waals surface area contributed by atoms with Gasteiger partial charge in [-0.15, -0.1) is 0 Å². The van der Waals surface area contributed by atoms with Gasteiger partial charge in [0.1, 0.15) is 0 Å². The van der Waals surface area contributed by atoms with Crippen molar-refractivity contribution in [3.63, 3.8) is 0 Å². The molecule has 0 fully saturated rings. The Bertz CT molecular complexity index is 654. The van der Waals surface area contributed by atoms with E-state index >= 15 is 0 Å². The zero-order chi connectivity index (χ0) is 16.5. The molecule has 2 aromatic rings. The normalized spacial score (nSPS) is 15.0. The second kappa shape index (κ2) is 8.67. The molecule has 4 heteroatoms. The van der Waals surface area contributed by atoms with Crippen LogP contribution in [0.5, 0.6) is 0 Å². The maximum Gasteiger partial charge on any atom is 0.0585 e. The van der Waals surface area contributed by atoms with Crippen molar-refractivity contribution in [1.29, 1.82) is 0 Å². The smallest absolute Gasteiger partial charge is 0.0585 e. The Morgan fingerprint density at radius 2 is 0.667 bits per heavy atom. The van der Waals surface area contributed by atoms with Crippen molar-refractivity contribution in [2.45, 2.75) is 0 Å². The highest BCUT2D eigenvalue weighted by molar-refractivity contribution is 5.95. The van der Waals surface area contributed by atoms with Crippen LogP contribution in [0.4, 0.5) is 0 Å². The van der Waals surface area contributed by atoms with E-state index in [0.717, 1.165) is 22.3 Å². The molecule has 0 N–H and O–H groups in total. The van der Waals surface area contributed by atoms with E-state index in [2.05, 4.69) is 20.0 Å². The quantitative estimate of drug-likeness (QED) is 0.717. The molecule has 4 nitrogen and oxygen atoms in total. The lowest BCUT2D eigenvalue weighted by Crippen LogP contribution is -1.98. The highest BCUT2D eigenvalue weighted by Crippen LogP contribution is 2.05. The molecule has 3 rings (SSSR count). The van der Waals surface area contributed by atoms with Crippen LogP contribution < -0.4 is 0 Å². The van der Waals surface area contributed by atoms with Crippen LogP contribution in [0, 0.1) is 0 Å². The van der Waals surface area contributed by atoms with E-state index in [9.17, 15) is 0 Å². The average Bonchev–Trinajstić information content (AvgIpc) is 2.62. The van der Waals surface area contributed by atoms with Gasteiger partial charge in [-0.05, 0) is 0 Å². The topological polar surface area (TPSA) is 49.4 Å². The van der Waals surface area contributed by atoms with E-state index in [0.29, 0.717) is 26.2 Å². The summed E-state index contributed by atoms with van der Waals surface area (Å²) in [6, 6.07) is 16.2. The molecule has 1 aliphatic rings. The molecule has 0 unspecified atom stereocenters. The Hall–Kier alpha value is -2.88. The molecule has 1 aliphatic heterocycles. The van der Waals surface area contributed by atoms with Gasteiger partial charge in [-0.2, -0.15) is 0 Å². The summed E-state index contributed by atoms with van der Waals surface area (Å²) in [4.78, 5) is 17.9. The molecule has 0 aromatic heterocycles. The van der Waals surface area contributed by atoms with Crippen LogP contribution in [-0.2, 0) is 0 Å². The van der Waals surface area contributed by atoms with Gasteiger partial charge in [0.15, 0.2) is 0 Å². The molecule has 2 aromatic carbocycles. The van der Waals surface area contributed by atoms with E-state index in [1.807, 2.05) is 73.4 Å². The number of nitrogens with zero attached hydrogens (tertiary/aromatic N) is 4. The van der Waals surface area contributed by atoms with Crippen molar-refractivity contribution in [2.75, 3.05) is 26.2 Å². The molecular formula is C20H20N4. The maximum absolute atomic E-state index is 4.47. The molecule has 0 radical (unpaired) electrons. The third-order valence-electron chi connectivity index (χ3n) is 3.63. The Balaban J connectivity index is 1.82. The van der Waals surface area contributed by atoms with E-state index in [-0.39, 0.29) is 0 Å². The Labute approximate surface area is 142 Å². The van der Waals surface area contributed by atoms with Crippen LogP contribution in [0.25, 0.3) is 0 Å². The average molecular weight is 316 g/mol. The van der Waals surface area contributed by atoms with Crippen LogP contribution in [0.1, 0.15) is 22.3 Å².